The van der Waals surface area contributed by atoms with Gasteiger partial charge in [-0.2, -0.15) is 0 Å². The standard InChI is InChI=1S/C11H23N3O2/c1-14-6-3-4-10(14)8-13-11(15)9-12-5-7-16-2/h10,12H,3-9H2,1-2H3,(H,13,15). The SMILES string of the molecule is COCCNCC(=O)NCC1CCCN1C. The van der Waals surface area contributed by atoms with E-state index in [2.05, 4.69) is 22.6 Å². The van der Waals surface area contributed by atoms with Crippen LogP contribution in [0.4, 0.5) is 0 Å². The summed E-state index contributed by atoms with van der Waals surface area (Å²) in [4.78, 5) is 13.7. The summed E-state index contributed by atoms with van der Waals surface area (Å²) in [7, 11) is 3.76. The van der Waals surface area contributed by atoms with Gasteiger partial charge in [0.1, 0.15) is 0 Å². The molecule has 2 N–H and O–H groups in total. The zero-order chi connectivity index (χ0) is 11.8. The fourth-order valence-electron chi connectivity index (χ4n) is 1.91. The molecule has 0 spiro atoms. The Morgan fingerprint density at radius 3 is 3.00 bits per heavy atom. The normalized spacial score (nSPS) is 21.2. The summed E-state index contributed by atoms with van der Waals surface area (Å²) in [6.45, 7) is 3.64. The van der Waals surface area contributed by atoms with Crippen LogP contribution in [-0.4, -0.2) is 63.8 Å². The third-order valence-corrected chi connectivity index (χ3v) is 2.97. The Morgan fingerprint density at radius 1 is 1.56 bits per heavy atom. The minimum Gasteiger partial charge on any atom is -0.383 e. The minimum atomic E-state index is 0.0661. The van der Waals surface area contributed by atoms with E-state index >= 15 is 0 Å². The smallest absolute Gasteiger partial charge is 0.234 e. The van der Waals surface area contributed by atoms with Gasteiger partial charge < -0.3 is 20.3 Å². The van der Waals surface area contributed by atoms with Crippen molar-refractivity contribution in [3.05, 3.63) is 0 Å². The summed E-state index contributed by atoms with van der Waals surface area (Å²) >= 11 is 0. The van der Waals surface area contributed by atoms with Crippen LogP contribution in [0.25, 0.3) is 0 Å². The first-order chi connectivity index (χ1) is 7.74. The van der Waals surface area contributed by atoms with Crippen molar-refractivity contribution in [3.63, 3.8) is 0 Å². The Hall–Kier alpha value is -0.650. The Balaban J connectivity index is 2.01. The zero-order valence-electron chi connectivity index (χ0n) is 10.3. The van der Waals surface area contributed by atoms with Crippen LogP contribution in [0.2, 0.25) is 0 Å². The summed E-state index contributed by atoms with van der Waals surface area (Å²) in [5.41, 5.74) is 0. The molecular weight excluding hydrogens is 206 g/mol. The molecule has 1 heterocycles. The van der Waals surface area contributed by atoms with E-state index in [4.69, 9.17) is 4.74 Å². The number of nitrogens with one attached hydrogen (secondary N) is 2. The molecule has 16 heavy (non-hydrogen) atoms. The monoisotopic (exact) mass is 229 g/mol. The average Bonchev–Trinajstić information content (AvgIpc) is 2.67. The van der Waals surface area contributed by atoms with Crippen LogP contribution in [0.15, 0.2) is 0 Å². The number of rotatable bonds is 7. The van der Waals surface area contributed by atoms with Crippen molar-refractivity contribution in [2.24, 2.45) is 0 Å². The molecule has 1 amide bonds. The second-order valence-electron chi connectivity index (χ2n) is 4.25. The van der Waals surface area contributed by atoms with Gasteiger partial charge in [0.15, 0.2) is 0 Å². The molecular formula is C11H23N3O2. The molecule has 0 bridgehead atoms. The van der Waals surface area contributed by atoms with Crippen LogP contribution in [0.1, 0.15) is 12.8 Å². The molecule has 1 atom stereocenters. The summed E-state index contributed by atoms with van der Waals surface area (Å²) in [6.07, 6.45) is 2.43. The first-order valence-electron chi connectivity index (χ1n) is 5.90. The predicted octanol–water partition coefficient (Wildman–Crippen LogP) is -0.567. The number of likely N-dealkylation sites (N-methyl/N-ethyl adjacent to an activating group) is 1. The third-order valence-electron chi connectivity index (χ3n) is 2.97. The van der Waals surface area contributed by atoms with E-state index < -0.39 is 0 Å². The Labute approximate surface area is 97.5 Å². The number of hydrogen-bond acceptors (Lipinski definition) is 4. The highest BCUT2D eigenvalue weighted by Crippen LogP contribution is 2.13. The second-order valence-corrected chi connectivity index (χ2v) is 4.25. The van der Waals surface area contributed by atoms with Crippen molar-refractivity contribution >= 4 is 5.91 Å². The predicted molar refractivity (Wildman–Crippen MR) is 63.4 cm³/mol. The van der Waals surface area contributed by atoms with Gasteiger partial charge in [-0.15, -0.1) is 0 Å². The summed E-state index contributed by atoms with van der Waals surface area (Å²) in [6, 6.07) is 0.517. The number of amides is 1. The molecule has 1 saturated heterocycles. The second kappa shape index (κ2) is 7.60. The molecule has 0 aromatic carbocycles. The van der Waals surface area contributed by atoms with E-state index in [0.717, 1.165) is 13.1 Å². The number of ether oxygens (including phenoxy) is 1. The molecule has 94 valence electrons. The Morgan fingerprint density at radius 2 is 2.38 bits per heavy atom. The van der Waals surface area contributed by atoms with Crippen molar-refractivity contribution in [1.82, 2.24) is 15.5 Å². The van der Waals surface area contributed by atoms with Crippen molar-refractivity contribution in [2.45, 2.75) is 18.9 Å². The Bertz CT molecular complexity index is 211. The van der Waals surface area contributed by atoms with Crippen molar-refractivity contribution < 1.29 is 9.53 Å². The number of methoxy groups -OCH3 is 1. The Kier molecular flexibility index (Phi) is 6.37. The van der Waals surface area contributed by atoms with Crippen LogP contribution < -0.4 is 10.6 Å². The number of carbonyl (C=O) groups excluding carboxylic acids is 1. The summed E-state index contributed by atoms with van der Waals surface area (Å²) in [5, 5.41) is 5.97. The molecule has 1 rings (SSSR count). The molecule has 0 aliphatic carbocycles. The average molecular weight is 229 g/mol. The summed E-state index contributed by atoms with van der Waals surface area (Å²) in [5.74, 6) is 0.0661. The third kappa shape index (κ3) is 4.92. The van der Waals surface area contributed by atoms with Gasteiger partial charge >= 0.3 is 0 Å². The molecule has 1 fully saturated rings. The lowest BCUT2D eigenvalue weighted by molar-refractivity contribution is -0.120. The first kappa shape index (κ1) is 13.4. The van der Waals surface area contributed by atoms with Gasteiger partial charge in [-0.05, 0) is 26.4 Å². The molecule has 1 aliphatic rings. The number of carbonyl (C=O) groups is 1. The zero-order valence-corrected chi connectivity index (χ0v) is 10.3. The lowest BCUT2D eigenvalue weighted by Gasteiger charge is -2.19. The van der Waals surface area contributed by atoms with Crippen LogP contribution in [0.3, 0.4) is 0 Å². The fourth-order valence-corrected chi connectivity index (χ4v) is 1.91. The van der Waals surface area contributed by atoms with Crippen LogP contribution >= 0.6 is 0 Å². The highest BCUT2D eigenvalue weighted by Gasteiger charge is 2.20. The minimum absolute atomic E-state index is 0.0661. The molecule has 5 heteroatoms. The highest BCUT2D eigenvalue weighted by atomic mass is 16.5. The van der Waals surface area contributed by atoms with Crippen LogP contribution in [0, 0.1) is 0 Å². The highest BCUT2D eigenvalue weighted by molar-refractivity contribution is 5.77. The van der Waals surface area contributed by atoms with Gasteiger partial charge in [-0.25, -0.2) is 0 Å². The molecule has 5 nitrogen and oxygen atoms in total. The number of likely N-dealkylation sites (tertiary alicyclic amines) is 1. The van der Waals surface area contributed by atoms with Crippen molar-refractivity contribution in [1.29, 1.82) is 0 Å². The lowest BCUT2D eigenvalue weighted by Crippen LogP contribution is -2.42. The molecule has 0 aromatic heterocycles. The van der Waals surface area contributed by atoms with Gasteiger partial charge in [0, 0.05) is 26.2 Å². The van der Waals surface area contributed by atoms with E-state index in [0.29, 0.717) is 25.7 Å². The quantitative estimate of drug-likeness (QED) is 0.574. The lowest BCUT2D eigenvalue weighted by atomic mass is 10.2. The van der Waals surface area contributed by atoms with Gasteiger partial charge in [-0.3, -0.25) is 4.79 Å². The topological polar surface area (TPSA) is 53.6 Å². The maximum absolute atomic E-state index is 11.4. The van der Waals surface area contributed by atoms with E-state index in [9.17, 15) is 4.79 Å². The van der Waals surface area contributed by atoms with Crippen molar-refractivity contribution in [3.8, 4) is 0 Å². The van der Waals surface area contributed by atoms with Crippen LogP contribution in [0.5, 0.6) is 0 Å². The fraction of sp³-hybridized carbons (Fsp3) is 0.909. The van der Waals surface area contributed by atoms with E-state index in [1.807, 2.05) is 0 Å². The maximum Gasteiger partial charge on any atom is 0.234 e. The van der Waals surface area contributed by atoms with Crippen molar-refractivity contribution in [2.75, 3.05) is 46.9 Å². The van der Waals surface area contributed by atoms with E-state index in [-0.39, 0.29) is 5.91 Å². The number of hydrogen-bond donors (Lipinski definition) is 2. The maximum atomic E-state index is 11.4. The van der Waals surface area contributed by atoms with E-state index in [1.54, 1.807) is 7.11 Å². The molecule has 1 unspecified atom stereocenters. The van der Waals surface area contributed by atoms with E-state index in [1.165, 1.54) is 12.8 Å². The van der Waals surface area contributed by atoms with Gasteiger partial charge in [0.2, 0.25) is 5.91 Å². The van der Waals surface area contributed by atoms with Gasteiger partial charge in [0.25, 0.3) is 0 Å². The first-order valence-corrected chi connectivity index (χ1v) is 5.90. The van der Waals surface area contributed by atoms with Gasteiger partial charge in [0.05, 0.1) is 13.2 Å². The number of nitrogens with zero attached hydrogens (tertiary/aromatic N) is 1. The van der Waals surface area contributed by atoms with Gasteiger partial charge in [-0.1, -0.05) is 0 Å². The summed E-state index contributed by atoms with van der Waals surface area (Å²) < 4.78 is 4.88. The van der Waals surface area contributed by atoms with Crippen LogP contribution in [-0.2, 0) is 9.53 Å². The largest absolute Gasteiger partial charge is 0.383 e. The molecule has 0 saturated carbocycles. The molecule has 0 radical (unpaired) electrons. The molecule has 0 aromatic rings. The molecule has 1 aliphatic heterocycles.